The topological polar surface area (TPSA) is 228 Å². The lowest BCUT2D eigenvalue weighted by molar-refractivity contribution is -0.176. The van der Waals surface area contributed by atoms with E-state index < -0.39 is 64.3 Å². The zero-order valence-electron chi connectivity index (χ0n) is 19.8. The van der Waals surface area contributed by atoms with Crippen LogP contribution in [-0.2, 0) is 20.2 Å². The molecule has 2 aliphatic rings. The number of hydrogen-bond acceptors (Lipinski definition) is 8. The van der Waals surface area contributed by atoms with E-state index in [4.69, 9.17) is 15.6 Å². The fraction of sp³-hybridized carbons (Fsp3) is 0.125. The van der Waals surface area contributed by atoms with Crippen molar-refractivity contribution in [3.8, 4) is 22.5 Å². The summed E-state index contributed by atoms with van der Waals surface area (Å²) in [5.74, 6) is -2.85. The molecule has 0 saturated carbocycles. The van der Waals surface area contributed by atoms with Gasteiger partial charge in [0, 0.05) is 34.1 Å². The molecule has 1 heterocycles. The van der Waals surface area contributed by atoms with E-state index in [2.05, 4.69) is 0 Å². The van der Waals surface area contributed by atoms with E-state index in [9.17, 15) is 40.6 Å². The van der Waals surface area contributed by atoms with Gasteiger partial charge in [-0.1, -0.05) is 26.0 Å². The molecule has 4 rings (SSSR count). The van der Waals surface area contributed by atoms with Crippen molar-refractivity contribution < 1.29 is 50.5 Å². The predicted molar refractivity (Wildman–Crippen MR) is 134 cm³/mol. The SMILES string of the molecule is CC(C)C(=O)c1ccc(-c2c3ccc(=[NH2+])c(S(=O)(=O)O)c-3oc3c(S(=O)(=O)O)c(N)ccc23)c(C(=O)O)c1. The number of nitrogen functional groups attached to an aromatic ring is 1. The summed E-state index contributed by atoms with van der Waals surface area (Å²) in [7, 11) is -10.1. The smallest absolute Gasteiger partial charge is 0.336 e. The Balaban J connectivity index is 2.32. The molecule has 0 saturated heterocycles. The molecule has 14 heteroatoms. The molecular weight excluding hydrogens is 540 g/mol. The van der Waals surface area contributed by atoms with Gasteiger partial charge in [-0.2, -0.15) is 16.8 Å². The van der Waals surface area contributed by atoms with Crippen molar-refractivity contribution >= 4 is 48.6 Å². The van der Waals surface area contributed by atoms with E-state index in [1.807, 2.05) is 0 Å². The minimum absolute atomic E-state index is 0.0444. The third-order valence-electron chi connectivity index (χ3n) is 5.87. The van der Waals surface area contributed by atoms with E-state index in [1.165, 1.54) is 24.3 Å². The second kappa shape index (κ2) is 9.02. The van der Waals surface area contributed by atoms with Gasteiger partial charge < -0.3 is 15.3 Å². The molecule has 1 aliphatic carbocycles. The van der Waals surface area contributed by atoms with Crippen molar-refractivity contribution in [1.82, 2.24) is 0 Å². The zero-order valence-corrected chi connectivity index (χ0v) is 21.4. The van der Waals surface area contributed by atoms with Crippen LogP contribution in [0, 0.1) is 5.92 Å². The summed E-state index contributed by atoms with van der Waals surface area (Å²) in [5, 5.41) is 15.3. The quantitative estimate of drug-likeness (QED) is 0.0979. The minimum atomic E-state index is -5.06. The maximum absolute atomic E-state index is 12.6. The number of carbonyl (C=O) groups excluding carboxylic acids is 1. The molecule has 2 aromatic rings. The van der Waals surface area contributed by atoms with E-state index in [0.29, 0.717) is 0 Å². The Morgan fingerprint density at radius 1 is 0.921 bits per heavy atom. The Bertz CT molecular complexity index is 1920. The number of benzene rings is 3. The molecule has 0 radical (unpaired) electrons. The highest BCUT2D eigenvalue weighted by Crippen LogP contribution is 2.45. The maximum Gasteiger partial charge on any atom is 0.336 e. The van der Waals surface area contributed by atoms with Crippen LogP contribution in [-0.4, -0.2) is 42.8 Å². The number of aromatic carboxylic acids is 1. The maximum atomic E-state index is 12.6. The lowest BCUT2D eigenvalue weighted by atomic mass is 9.88. The molecule has 38 heavy (non-hydrogen) atoms. The van der Waals surface area contributed by atoms with Gasteiger partial charge in [-0.05, 0) is 29.8 Å². The minimum Gasteiger partial charge on any atom is -0.478 e. The number of nitrogens with two attached hydrogens (primary N) is 2. The lowest BCUT2D eigenvalue weighted by Crippen LogP contribution is -2.47. The monoisotopic (exact) mass is 561 g/mol. The van der Waals surface area contributed by atoms with Gasteiger partial charge in [0.1, 0.15) is 0 Å². The molecular formula is C24H21N2O10S2+. The summed E-state index contributed by atoms with van der Waals surface area (Å²) in [5.41, 5.74) is 4.27. The fourth-order valence-corrected chi connectivity index (χ4v) is 5.75. The second-order valence-corrected chi connectivity index (χ2v) is 11.4. The second-order valence-electron chi connectivity index (χ2n) is 8.73. The molecule has 0 aromatic heterocycles. The third kappa shape index (κ3) is 4.43. The van der Waals surface area contributed by atoms with Crippen LogP contribution in [0.2, 0.25) is 0 Å². The Labute approximate surface area is 215 Å². The standard InChI is InChI=1S/C24H20N2O10S2/c1-10(2)19(27)11-3-4-12(15(9-11)24(28)29)18-13-5-7-16(25)22(37(30,31)32)20(13)36-21-14(18)6-8-17(26)23(21)38(33,34)35/h3-10,25H,26H2,1-2H3,(H,28,29)(H,30,31,32)(H,33,34,35)/p+1. The molecule has 0 unspecified atom stereocenters. The Hall–Kier alpha value is -4.11. The highest BCUT2D eigenvalue weighted by Gasteiger charge is 2.33. The van der Waals surface area contributed by atoms with Crippen LogP contribution < -0.4 is 16.5 Å². The molecule has 1 aliphatic heterocycles. The van der Waals surface area contributed by atoms with Crippen molar-refractivity contribution in [3.63, 3.8) is 0 Å². The normalized spacial score (nSPS) is 12.3. The first kappa shape index (κ1) is 26.9. The average molecular weight is 562 g/mol. The van der Waals surface area contributed by atoms with Gasteiger partial charge in [0.25, 0.3) is 10.1 Å². The van der Waals surface area contributed by atoms with Crippen molar-refractivity contribution in [2.75, 3.05) is 5.73 Å². The fourth-order valence-electron chi connectivity index (χ4n) is 4.25. The molecule has 12 nitrogen and oxygen atoms in total. The number of carboxylic acid groups (broad SMARTS) is 1. The van der Waals surface area contributed by atoms with Gasteiger partial charge in [0.2, 0.25) is 10.3 Å². The number of Topliss-reactive ketones (excluding diaryl/α,β-unsaturated/α-hetero) is 1. The molecule has 7 N–H and O–H groups in total. The van der Waals surface area contributed by atoms with Crippen LogP contribution in [0.25, 0.3) is 33.4 Å². The van der Waals surface area contributed by atoms with Crippen molar-refractivity contribution in [1.29, 1.82) is 0 Å². The Morgan fingerprint density at radius 2 is 1.53 bits per heavy atom. The van der Waals surface area contributed by atoms with Crippen molar-refractivity contribution in [2.24, 2.45) is 5.92 Å². The Kier molecular flexibility index (Phi) is 6.40. The molecule has 0 fully saturated rings. The number of anilines is 1. The lowest BCUT2D eigenvalue weighted by Gasteiger charge is -2.19. The van der Waals surface area contributed by atoms with Crippen LogP contribution in [0.15, 0.2) is 56.7 Å². The van der Waals surface area contributed by atoms with E-state index >= 15 is 0 Å². The molecule has 2 aromatic carbocycles. The predicted octanol–water partition coefficient (Wildman–Crippen LogP) is 1.48. The number of carbonyl (C=O) groups is 2. The molecule has 198 valence electrons. The number of carboxylic acids is 1. The molecule has 0 atom stereocenters. The van der Waals surface area contributed by atoms with Crippen LogP contribution in [0.3, 0.4) is 0 Å². The van der Waals surface area contributed by atoms with Gasteiger partial charge in [-0.25, -0.2) is 4.79 Å². The first-order chi connectivity index (χ1) is 17.5. The van der Waals surface area contributed by atoms with Gasteiger partial charge in [0.05, 0.1) is 11.3 Å². The first-order valence-corrected chi connectivity index (χ1v) is 13.7. The van der Waals surface area contributed by atoms with Gasteiger partial charge in [-0.3, -0.25) is 19.3 Å². The summed E-state index contributed by atoms with van der Waals surface area (Å²) >= 11 is 0. The Morgan fingerprint density at radius 3 is 2.08 bits per heavy atom. The summed E-state index contributed by atoms with van der Waals surface area (Å²) < 4.78 is 74.4. The summed E-state index contributed by atoms with van der Waals surface area (Å²) in [6.07, 6.45) is 0. The summed E-state index contributed by atoms with van der Waals surface area (Å²) in [6, 6.07) is 8.67. The van der Waals surface area contributed by atoms with E-state index in [0.717, 1.165) is 18.2 Å². The van der Waals surface area contributed by atoms with Crippen LogP contribution >= 0.6 is 0 Å². The highest BCUT2D eigenvalue weighted by molar-refractivity contribution is 7.86. The number of hydrogen-bond donors (Lipinski definition) is 5. The first-order valence-electron chi connectivity index (χ1n) is 10.8. The van der Waals surface area contributed by atoms with Gasteiger partial charge in [0.15, 0.2) is 22.0 Å². The summed E-state index contributed by atoms with van der Waals surface area (Å²) in [4.78, 5) is 23.1. The van der Waals surface area contributed by atoms with Crippen LogP contribution in [0.1, 0.15) is 34.6 Å². The highest BCUT2D eigenvalue weighted by atomic mass is 32.2. The average Bonchev–Trinajstić information content (AvgIpc) is 2.79. The van der Waals surface area contributed by atoms with Gasteiger partial charge in [-0.15, -0.1) is 0 Å². The van der Waals surface area contributed by atoms with Crippen molar-refractivity contribution in [2.45, 2.75) is 23.6 Å². The summed E-state index contributed by atoms with van der Waals surface area (Å²) in [6.45, 7) is 3.28. The zero-order chi connectivity index (χ0) is 28.3. The third-order valence-corrected chi connectivity index (χ3v) is 7.75. The van der Waals surface area contributed by atoms with Crippen molar-refractivity contribution in [3.05, 3.63) is 58.9 Å². The molecule has 0 bridgehead atoms. The number of rotatable bonds is 6. The van der Waals surface area contributed by atoms with E-state index in [-0.39, 0.29) is 39.0 Å². The number of fused-ring (bicyclic) bond motifs is 2. The largest absolute Gasteiger partial charge is 0.478 e. The molecule has 0 amide bonds. The number of ketones is 1. The van der Waals surface area contributed by atoms with Crippen LogP contribution in [0.4, 0.5) is 5.69 Å². The molecule has 0 spiro atoms. The van der Waals surface area contributed by atoms with Gasteiger partial charge >= 0.3 is 16.1 Å². The van der Waals surface area contributed by atoms with Crippen LogP contribution in [0.5, 0.6) is 0 Å². The van der Waals surface area contributed by atoms with E-state index in [1.54, 1.807) is 13.8 Å².